The van der Waals surface area contributed by atoms with Crippen molar-refractivity contribution in [2.45, 2.75) is 152 Å². The van der Waals surface area contributed by atoms with Crippen LogP contribution in [0.4, 0.5) is 0 Å². The van der Waals surface area contributed by atoms with Crippen LogP contribution in [0, 0.1) is 23.8 Å². The van der Waals surface area contributed by atoms with Crippen LogP contribution in [-0.4, -0.2) is 15.9 Å². The number of hydrogen-bond acceptors (Lipinski definition) is 4. The molecule has 6 rings (SSSR count). The molecule has 0 saturated heterocycles. The van der Waals surface area contributed by atoms with Crippen molar-refractivity contribution in [3.63, 3.8) is 0 Å². The van der Waals surface area contributed by atoms with Crippen LogP contribution in [0.5, 0.6) is 0 Å². The topological polar surface area (TPSA) is 50.2 Å². The van der Waals surface area contributed by atoms with Gasteiger partial charge in [0.25, 0.3) is 0 Å². The van der Waals surface area contributed by atoms with Gasteiger partial charge in [-0.1, -0.05) is 125 Å². The maximum atomic E-state index is 12.2. The normalized spacial score (nSPS) is 15.8. The number of benzene rings is 3. The molecule has 0 fully saturated rings. The Balaban J connectivity index is 0.000000309. The van der Waals surface area contributed by atoms with E-state index < -0.39 is 0 Å². The minimum absolute atomic E-state index is 0. The molecule has 0 amide bonds. The maximum Gasteiger partial charge on any atom is 0.164 e. The quantitative estimate of drug-likeness (QED) is 0.0958. The molecule has 293 valence electrons. The van der Waals surface area contributed by atoms with Gasteiger partial charge in [-0.05, 0) is 89.8 Å². The number of rotatable bonds is 8. The Labute approximate surface area is 343 Å². The van der Waals surface area contributed by atoms with Crippen LogP contribution in [0.1, 0.15) is 151 Å². The van der Waals surface area contributed by atoms with Crippen LogP contribution < -0.4 is 0 Å². The number of carbonyl (C=O) groups excluding carboxylic acids is 1. The SMILES string of the molecule is CCC(C)(CC)C(=O)/C=C(\O)C(C)(CC)CC.Cc1cc2c(c3c1sc1c(-c4[c-]c5ccccc5c(C(C)(C)C)c4)nccc13)C(C)(C)CCC2(C)C.[Ir]. The molecule has 1 N–H and O–H groups in total. The van der Waals surface area contributed by atoms with Crippen molar-refractivity contribution in [3.05, 3.63) is 88.8 Å². The van der Waals surface area contributed by atoms with Crippen molar-refractivity contribution in [2.75, 3.05) is 0 Å². The molecule has 0 bridgehead atoms. The summed E-state index contributed by atoms with van der Waals surface area (Å²) in [7, 11) is 0. The minimum atomic E-state index is -0.337. The van der Waals surface area contributed by atoms with E-state index in [1.807, 2.05) is 59.1 Å². The van der Waals surface area contributed by atoms with Crippen molar-refractivity contribution in [1.29, 1.82) is 0 Å². The minimum Gasteiger partial charge on any atom is -0.512 e. The Hall–Kier alpha value is -2.85. The summed E-state index contributed by atoms with van der Waals surface area (Å²) in [5.74, 6) is 0.286. The van der Waals surface area contributed by atoms with Crippen LogP contribution in [0.3, 0.4) is 0 Å². The smallest absolute Gasteiger partial charge is 0.164 e. The molecule has 5 heteroatoms. The van der Waals surface area contributed by atoms with Gasteiger partial charge in [0.2, 0.25) is 0 Å². The molecule has 0 unspecified atom stereocenters. The summed E-state index contributed by atoms with van der Waals surface area (Å²) in [5.41, 5.74) is 7.77. The molecule has 3 nitrogen and oxygen atoms in total. The second kappa shape index (κ2) is 16.0. The predicted molar refractivity (Wildman–Crippen MR) is 231 cm³/mol. The van der Waals surface area contributed by atoms with E-state index in [9.17, 15) is 9.90 Å². The zero-order chi connectivity index (χ0) is 39.3. The first-order chi connectivity index (χ1) is 24.7. The van der Waals surface area contributed by atoms with Gasteiger partial charge in [-0.3, -0.25) is 9.78 Å². The summed E-state index contributed by atoms with van der Waals surface area (Å²) in [6, 6.07) is 19.5. The van der Waals surface area contributed by atoms with E-state index in [0.717, 1.165) is 42.3 Å². The van der Waals surface area contributed by atoms with Gasteiger partial charge in [0.05, 0.1) is 0 Å². The summed E-state index contributed by atoms with van der Waals surface area (Å²) < 4.78 is 2.70. The Morgan fingerprint density at radius 1 is 0.852 bits per heavy atom. The molecule has 3 aromatic carbocycles. The molecular weight excluding hydrogens is 859 g/mol. The number of aliphatic hydroxyl groups excluding tert-OH is 1. The first-order valence-corrected chi connectivity index (χ1v) is 20.8. The van der Waals surface area contributed by atoms with Crippen molar-refractivity contribution in [1.82, 2.24) is 4.98 Å². The number of thiophene rings is 1. The molecule has 54 heavy (non-hydrogen) atoms. The number of nitrogens with zero attached hydrogens (tertiary/aromatic N) is 1. The second-order valence-electron chi connectivity index (χ2n) is 18.5. The van der Waals surface area contributed by atoms with E-state index in [2.05, 4.69) is 104 Å². The molecule has 0 saturated carbocycles. The molecule has 5 aromatic rings. The summed E-state index contributed by atoms with van der Waals surface area (Å²) in [6.45, 7) is 31.0. The van der Waals surface area contributed by atoms with Crippen molar-refractivity contribution < 1.29 is 30.0 Å². The number of aromatic nitrogens is 1. The number of pyridine rings is 1. The standard InChI is InChI=1S/C34H36NS.C15H28O2.Ir/c1-20-17-26-28(34(7,8)15-14-33(26,5)6)27-24-13-16-35-29(31(24)36-30(20)27)22-18-21-11-9-10-12-23(21)25(19-22)32(2,3)4;1-7-14(5,8-2)12(16)11-13(17)15(6,9-3)10-4;/h9-13,16-17,19H,14-15H2,1-8H3;11,16H,7-10H2,1-6H3;/q-1;;/b;12-11-;. The average Bonchev–Trinajstić information content (AvgIpc) is 3.52. The number of aliphatic hydroxyl groups is 1. The molecule has 2 heterocycles. The molecule has 1 aliphatic rings. The fourth-order valence-electron chi connectivity index (χ4n) is 8.01. The monoisotopic (exact) mass is 923 g/mol. The first-order valence-electron chi connectivity index (χ1n) is 19.9. The van der Waals surface area contributed by atoms with E-state index in [1.165, 1.54) is 61.2 Å². The van der Waals surface area contributed by atoms with Crippen LogP contribution in [-0.2, 0) is 41.1 Å². The maximum absolute atomic E-state index is 12.2. The third-order valence-electron chi connectivity index (χ3n) is 13.1. The third-order valence-corrected chi connectivity index (χ3v) is 14.4. The van der Waals surface area contributed by atoms with Crippen molar-refractivity contribution >= 4 is 48.1 Å². The van der Waals surface area contributed by atoms with Crippen LogP contribution in [0.25, 0.3) is 42.2 Å². The Morgan fingerprint density at radius 2 is 1.44 bits per heavy atom. The van der Waals surface area contributed by atoms with Crippen LogP contribution in [0.2, 0.25) is 0 Å². The molecule has 1 radical (unpaired) electrons. The number of aryl methyl sites for hydroxylation is 1. The summed E-state index contributed by atoms with van der Waals surface area (Å²) >= 11 is 1.92. The summed E-state index contributed by atoms with van der Waals surface area (Å²) in [6.07, 6.45) is 9.21. The number of hydrogen-bond donors (Lipinski definition) is 1. The second-order valence-corrected chi connectivity index (χ2v) is 19.6. The fourth-order valence-corrected chi connectivity index (χ4v) is 9.29. The number of allylic oxidation sites excluding steroid dienone is 2. The average molecular weight is 923 g/mol. The van der Waals surface area contributed by atoms with E-state index in [-0.39, 0.29) is 58.7 Å². The molecule has 0 atom stereocenters. The molecular formula is C49H64IrNO2S-. The number of ketones is 1. The van der Waals surface area contributed by atoms with Gasteiger partial charge in [0, 0.05) is 63.7 Å². The fraction of sp³-hybridized carbons (Fsp3) is 0.510. The van der Waals surface area contributed by atoms with Gasteiger partial charge in [0.15, 0.2) is 5.78 Å². The van der Waals surface area contributed by atoms with Gasteiger partial charge < -0.3 is 5.11 Å². The van der Waals surface area contributed by atoms with Gasteiger partial charge in [0.1, 0.15) is 5.76 Å². The van der Waals surface area contributed by atoms with Gasteiger partial charge >= 0.3 is 0 Å². The van der Waals surface area contributed by atoms with Crippen LogP contribution >= 0.6 is 11.3 Å². The number of fused-ring (bicyclic) bond motifs is 6. The van der Waals surface area contributed by atoms with E-state index in [1.54, 1.807) is 5.56 Å². The zero-order valence-electron chi connectivity index (χ0n) is 35.5. The van der Waals surface area contributed by atoms with Gasteiger partial charge in [-0.2, -0.15) is 0 Å². The van der Waals surface area contributed by atoms with Gasteiger partial charge in [-0.15, -0.1) is 40.5 Å². The van der Waals surface area contributed by atoms with E-state index in [0.29, 0.717) is 0 Å². The van der Waals surface area contributed by atoms with Crippen molar-refractivity contribution in [3.8, 4) is 11.3 Å². The Morgan fingerprint density at radius 3 is 2.04 bits per heavy atom. The Kier molecular flexibility index (Phi) is 13.0. The first kappa shape index (κ1) is 43.9. The molecule has 0 spiro atoms. The predicted octanol–water partition coefficient (Wildman–Crippen LogP) is 14.7. The zero-order valence-corrected chi connectivity index (χ0v) is 38.7. The van der Waals surface area contributed by atoms with E-state index in [4.69, 9.17) is 4.98 Å². The van der Waals surface area contributed by atoms with Crippen LogP contribution in [0.15, 0.2) is 60.5 Å². The molecule has 2 aromatic heterocycles. The third kappa shape index (κ3) is 8.03. The summed E-state index contributed by atoms with van der Waals surface area (Å²) in [5, 5.41) is 15.4. The van der Waals surface area contributed by atoms with E-state index >= 15 is 0 Å². The van der Waals surface area contributed by atoms with Gasteiger partial charge in [-0.25, -0.2) is 0 Å². The largest absolute Gasteiger partial charge is 0.512 e. The van der Waals surface area contributed by atoms with Crippen molar-refractivity contribution in [2.24, 2.45) is 10.8 Å². The summed E-state index contributed by atoms with van der Waals surface area (Å²) in [4.78, 5) is 17.2. The number of carbonyl (C=O) groups is 1. The molecule has 0 aliphatic heterocycles. The Bertz CT molecular complexity index is 2190. The molecule has 1 aliphatic carbocycles.